The highest BCUT2D eigenvalue weighted by atomic mass is 16.5. The van der Waals surface area contributed by atoms with Crippen molar-refractivity contribution in [2.45, 2.75) is 32.4 Å². The number of hydrogen-bond acceptors (Lipinski definition) is 5. The lowest BCUT2D eigenvalue weighted by atomic mass is 10.1. The fourth-order valence-corrected chi connectivity index (χ4v) is 2.80. The molecule has 2 aromatic rings. The largest absolute Gasteiger partial charge is 0.481 e. The Labute approximate surface area is 134 Å². The van der Waals surface area contributed by atoms with Gasteiger partial charge in [-0.2, -0.15) is 0 Å². The summed E-state index contributed by atoms with van der Waals surface area (Å²) < 4.78 is 10.4. The van der Waals surface area contributed by atoms with E-state index in [1.54, 1.807) is 18.2 Å². The molecule has 0 unspecified atom stereocenters. The summed E-state index contributed by atoms with van der Waals surface area (Å²) in [5, 5.41) is 6.85. The van der Waals surface area contributed by atoms with Gasteiger partial charge in [-0.1, -0.05) is 5.16 Å². The van der Waals surface area contributed by atoms with Gasteiger partial charge in [0.25, 0.3) is 0 Å². The van der Waals surface area contributed by atoms with Crippen LogP contribution in [0.15, 0.2) is 28.9 Å². The van der Waals surface area contributed by atoms with Gasteiger partial charge in [-0.15, -0.1) is 0 Å². The second kappa shape index (κ2) is 6.68. The molecule has 122 valence electrons. The fraction of sp³-hybridized carbons (Fsp3) is 0.438. The molecule has 2 aromatic heterocycles. The zero-order valence-corrected chi connectivity index (χ0v) is 13.3. The van der Waals surface area contributed by atoms with Gasteiger partial charge in [0.15, 0.2) is 5.76 Å². The smallest absolute Gasteiger partial charge is 0.318 e. The molecule has 1 atom stereocenters. The van der Waals surface area contributed by atoms with E-state index in [1.165, 1.54) is 0 Å². The number of carbonyl (C=O) groups excluding carboxylic acids is 1. The SMILES string of the molecule is COc1cc(CNC(=O)N2CCC[C@@H]2c2cc(C)no2)ccn1. The predicted octanol–water partition coefficient (Wildman–Crippen LogP) is 2.43. The van der Waals surface area contributed by atoms with Crippen molar-refractivity contribution in [3.63, 3.8) is 0 Å². The molecule has 2 amide bonds. The highest BCUT2D eigenvalue weighted by Crippen LogP contribution is 2.32. The van der Waals surface area contributed by atoms with E-state index >= 15 is 0 Å². The molecule has 7 nitrogen and oxygen atoms in total. The third-order valence-electron chi connectivity index (χ3n) is 3.94. The maximum Gasteiger partial charge on any atom is 0.318 e. The van der Waals surface area contributed by atoms with E-state index in [0.717, 1.165) is 36.4 Å². The summed E-state index contributed by atoms with van der Waals surface area (Å²) in [5.41, 5.74) is 1.77. The summed E-state index contributed by atoms with van der Waals surface area (Å²) in [6, 6.07) is 5.41. The van der Waals surface area contributed by atoms with Gasteiger partial charge < -0.3 is 19.5 Å². The van der Waals surface area contributed by atoms with Crippen LogP contribution in [0.1, 0.15) is 35.9 Å². The molecule has 1 aliphatic heterocycles. The standard InChI is InChI=1S/C16H20N4O3/c1-11-8-14(23-19-11)13-4-3-7-20(13)16(21)18-10-12-5-6-17-15(9-12)22-2/h5-6,8-9,13H,3-4,7,10H2,1-2H3,(H,18,21)/t13-/m1/s1. The third-order valence-corrected chi connectivity index (χ3v) is 3.94. The maximum absolute atomic E-state index is 12.5. The Hall–Kier alpha value is -2.57. The molecule has 1 fully saturated rings. The van der Waals surface area contributed by atoms with Gasteiger partial charge in [0.1, 0.15) is 0 Å². The Morgan fingerprint density at radius 3 is 3.13 bits per heavy atom. The highest BCUT2D eigenvalue weighted by Gasteiger charge is 2.32. The number of nitrogens with one attached hydrogen (secondary N) is 1. The van der Waals surface area contributed by atoms with Gasteiger partial charge in [0.2, 0.25) is 5.88 Å². The number of methoxy groups -OCH3 is 1. The monoisotopic (exact) mass is 316 g/mol. The first-order valence-corrected chi connectivity index (χ1v) is 7.64. The minimum atomic E-state index is -0.0997. The molecule has 23 heavy (non-hydrogen) atoms. The molecule has 1 N–H and O–H groups in total. The van der Waals surface area contributed by atoms with Crippen LogP contribution in [0.3, 0.4) is 0 Å². The Morgan fingerprint density at radius 1 is 1.52 bits per heavy atom. The maximum atomic E-state index is 12.5. The first kappa shape index (κ1) is 15.3. The molecule has 0 bridgehead atoms. The lowest BCUT2D eigenvalue weighted by Crippen LogP contribution is -2.39. The van der Waals surface area contributed by atoms with E-state index in [0.29, 0.717) is 12.4 Å². The van der Waals surface area contributed by atoms with Crippen molar-refractivity contribution in [3.05, 3.63) is 41.4 Å². The third kappa shape index (κ3) is 3.44. The Balaban J connectivity index is 1.63. The molecule has 0 aliphatic carbocycles. The van der Waals surface area contributed by atoms with Crippen molar-refractivity contribution in [1.29, 1.82) is 0 Å². The minimum Gasteiger partial charge on any atom is -0.481 e. The average Bonchev–Trinajstić information content (AvgIpc) is 3.21. The number of carbonyl (C=O) groups is 1. The number of nitrogens with zero attached hydrogens (tertiary/aromatic N) is 3. The van der Waals surface area contributed by atoms with Crippen molar-refractivity contribution < 1.29 is 14.1 Å². The van der Waals surface area contributed by atoms with Crippen LogP contribution >= 0.6 is 0 Å². The quantitative estimate of drug-likeness (QED) is 0.937. The molecule has 0 spiro atoms. The number of urea groups is 1. The summed E-state index contributed by atoms with van der Waals surface area (Å²) in [6.45, 7) is 3.02. The molecule has 3 rings (SSSR count). The molecule has 1 saturated heterocycles. The number of pyridine rings is 1. The van der Waals surface area contributed by atoms with Gasteiger partial charge in [0, 0.05) is 31.4 Å². The van der Waals surface area contributed by atoms with Crippen molar-refractivity contribution in [1.82, 2.24) is 20.4 Å². The summed E-state index contributed by atoms with van der Waals surface area (Å²) in [6.07, 6.45) is 3.52. The normalized spacial score (nSPS) is 17.3. The molecule has 0 aromatic carbocycles. The minimum absolute atomic E-state index is 0.0387. The molecule has 3 heterocycles. The van der Waals surface area contributed by atoms with E-state index in [-0.39, 0.29) is 12.1 Å². The van der Waals surface area contributed by atoms with Gasteiger partial charge in [0.05, 0.1) is 18.8 Å². The number of aromatic nitrogens is 2. The van der Waals surface area contributed by atoms with E-state index < -0.39 is 0 Å². The zero-order valence-electron chi connectivity index (χ0n) is 13.3. The van der Waals surface area contributed by atoms with Crippen LogP contribution < -0.4 is 10.1 Å². The van der Waals surface area contributed by atoms with Crippen molar-refractivity contribution in [2.24, 2.45) is 0 Å². The lowest BCUT2D eigenvalue weighted by molar-refractivity contribution is 0.182. The van der Waals surface area contributed by atoms with Gasteiger partial charge >= 0.3 is 6.03 Å². The van der Waals surface area contributed by atoms with Gasteiger partial charge in [-0.05, 0) is 31.4 Å². The average molecular weight is 316 g/mol. The second-order valence-electron chi connectivity index (χ2n) is 5.59. The number of likely N-dealkylation sites (tertiary alicyclic amines) is 1. The van der Waals surface area contributed by atoms with Crippen LogP contribution in [0.2, 0.25) is 0 Å². The number of ether oxygens (including phenoxy) is 1. The summed E-state index contributed by atoms with van der Waals surface area (Å²) >= 11 is 0. The number of amides is 2. The fourth-order valence-electron chi connectivity index (χ4n) is 2.80. The molecule has 1 aliphatic rings. The molecular weight excluding hydrogens is 296 g/mol. The molecule has 0 radical (unpaired) electrons. The first-order valence-electron chi connectivity index (χ1n) is 7.64. The van der Waals surface area contributed by atoms with E-state index in [4.69, 9.17) is 9.26 Å². The number of aryl methyl sites for hydroxylation is 1. The predicted molar refractivity (Wildman–Crippen MR) is 82.9 cm³/mol. The van der Waals surface area contributed by atoms with Crippen LogP contribution in [0.4, 0.5) is 4.79 Å². The summed E-state index contributed by atoms with van der Waals surface area (Å²) in [7, 11) is 1.57. The van der Waals surface area contributed by atoms with Gasteiger partial charge in [-0.3, -0.25) is 0 Å². The van der Waals surface area contributed by atoms with Crippen LogP contribution in [0, 0.1) is 6.92 Å². The molecule has 7 heteroatoms. The lowest BCUT2D eigenvalue weighted by Gasteiger charge is -2.23. The van der Waals surface area contributed by atoms with Crippen LogP contribution in [0.5, 0.6) is 5.88 Å². The Morgan fingerprint density at radius 2 is 2.39 bits per heavy atom. The van der Waals surface area contributed by atoms with Crippen LogP contribution in [-0.4, -0.2) is 34.7 Å². The van der Waals surface area contributed by atoms with E-state index in [9.17, 15) is 4.79 Å². The van der Waals surface area contributed by atoms with Gasteiger partial charge in [-0.25, -0.2) is 9.78 Å². The first-order chi connectivity index (χ1) is 11.2. The summed E-state index contributed by atoms with van der Waals surface area (Å²) in [4.78, 5) is 18.3. The highest BCUT2D eigenvalue weighted by molar-refractivity contribution is 5.75. The van der Waals surface area contributed by atoms with Crippen molar-refractivity contribution >= 4 is 6.03 Å². The number of rotatable bonds is 4. The molecular formula is C16H20N4O3. The Bertz CT molecular complexity index is 685. The number of hydrogen-bond donors (Lipinski definition) is 1. The van der Waals surface area contributed by atoms with Crippen molar-refractivity contribution in [3.8, 4) is 5.88 Å². The van der Waals surface area contributed by atoms with Crippen molar-refractivity contribution in [2.75, 3.05) is 13.7 Å². The second-order valence-corrected chi connectivity index (χ2v) is 5.59. The summed E-state index contributed by atoms with van der Waals surface area (Å²) in [5.74, 6) is 1.29. The van der Waals surface area contributed by atoms with E-state index in [1.807, 2.05) is 25.1 Å². The molecule has 0 saturated carbocycles. The van der Waals surface area contributed by atoms with Crippen LogP contribution in [0.25, 0.3) is 0 Å². The Kier molecular flexibility index (Phi) is 4.45. The topological polar surface area (TPSA) is 80.5 Å². The van der Waals surface area contributed by atoms with E-state index in [2.05, 4.69) is 15.5 Å². The van der Waals surface area contributed by atoms with Crippen LogP contribution in [-0.2, 0) is 6.54 Å². The zero-order chi connectivity index (χ0) is 16.2.